The Labute approximate surface area is 86.6 Å². The van der Waals surface area contributed by atoms with Crippen LogP contribution in [0.1, 0.15) is 13.8 Å². The van der Waals surface area contributed by atoms with Gasteiger partial charge in [0.15, 0.2) is 0 Å². The molecule has 0 aromatic carbocycles. The largest absolute Gasteiger partial charge is 0.355 e. The first kappa shape index (κ1) is 13.8. The van der Waals surface area contributed by atoms with Crippen LogP contribution in [0.2, 0.25) is 0 Å². The minimum atomic E-state index is -2.64. The summed E-state index contributed by atoms with van der Waals surface area (Å²) in [5.41, 5.74) is 0. The van der Waals surface area contributed by atoms with Gasteiger partial charge in [-0.15, -0.1) is 0 Å². The Balaban J connectivity index is 4.61. The number of likely N-dealkylation sites (N-methyl/N-ethyl adjacent to an activating group) is 2. The van der Waals surface area contributed by atoms with Gasteiger partial charge in [-0.05, 0) is 20.9 Å². The van der Waals surface area contributed by atoms with Crippen LogP contribution >= 0.6 is 0 Å². The van der Waals surface area contributed by atoms with Crippen molar-refractivity contribution in [3.8, 4) is 0 Å². The van der Waals surface area contributed by atoms with Crippen LogP contribution in [0.5, 0.6) is 0 Å². The van der Waals surface area contributed by atoms with Gasteiger partial charge in [-0.1, -0.05) is 0 Å². The zero-order valence-corrected chi connectivity index (χ0v) is 9.07. The molecule has 3 N–H and O–H groups in total. The first-order valence-corrected chi connectivity index (χ1v) is 4.29. The van der Waals surface area contributed by atoms with Crippen LogP contribution in [0, 0.1) is 0 Å². The van der Waals surface area contributed by atoms with E-state index < -0.39 is 23.4 Å². The van der Waals surface area contributed by atoms with E-state index in [1.54, 1.807) is 5.32 Å². The molecule has 2 atom stereocenters. The summed E-state index contributed by atoms with van der Waals surface area (Å²) in [6, 6.07) is 0. The van der Waals surface area contributed by atoms with E-state index in [9.17, 15) is 18.4 Å². The van der Waals surface area contributed by atoms with Crippen molar-refractivity contribution in [3.05, 3.63) is 0 Å². The van der Waals surface area contributed by atoms with Crippen LogP contribution in [0.15, 0.2) is 0 Å². The third kappa shape index (κ3) is 3.43. The van der Waals surface area contributed by atoms with Gasteiger partial charge in [0, 0.05) is 7.05 Å². The van der Waals surface area contributed by atoms with Crippen LogP contribution in [-0.4, -0.2) is 37.5 Å². The maximum absolute atomic E-state index is 13.5. The van der Waals surface area contributed by atoms with E-state index >= 15 is 0 Å². The van der Waals surface area contributed by atoms with Crippen molar-refractivity contribution in [2.75, 3.05) is 14.1 Å². The zero-order valence-electron chi connectivity index (χ0n) is 9.07. The number of hydrogen-bond acceptors (Lipinski definition) is 3. The minimum Gasteiger partial charge on any atom is -0.355 e. The first-order valence-electron chi connectivity index (χ1n) is 4.29. The lowest BCUT2D eigenvalue weighted by atomic mass is 10.2. The van der Waals surface area contributed by atoms with Gasteiger partial charge in [0.1, 0.15) is 0 Å². The highest BCUT2D eigenvalue weighted by atomic mass is 19.2. The van der Waals surface area contributed by atoms with Crippen LogP contribution in [0.4, 0.5) is 8.78 Å². The Morgan fingerprint density at radius 2 is 1.47 bits per heavy atom. The number of alkyl halides is 2. The van der Waals surface area contributed by atoms with Gasteiger partial charge >= 0.3 is 0 Å². The average molecular weight is 223 g/mol. The predicted molar refractivity (Wildman–Crippen MR) is 50.3 cm³/mol. The molecule has 0 saturated heterocycles. The summed E-state index contributed by atoms with van der Waals surface area (Å²) >= 11 is 0. The molecule has 0 fully saturated rings. The molecule has 0 spiro atoms. The van der Waals surface area contributed by atoms with Gasteiger partial charge in [0.2, 0.25) is 5.79 Å². The van der Waals surface area contributed by atoms with Gasteiger partial charge in [-0.25, -0.2) is 8.78 Å². The van der Waals surface area contributed by atoms with Gasteiger partial charge in [-0.2, -0.15) is 0 Å². The highest BCUT2D eigenvalue weighted by Crippen LogP contribution is 2.10. The topological polar surface area (TPSA) is 70.2 Å². The number of hydrogen-bond donors (Lipinski definition) is 3. The van der Waals surface area contributed by atoms with Crippen molar-refractivity contribution < 1.29 is 18.4 Å². The summed E-state index contributed by atoms with van der Waals surface area (Å²) in [5, 5.41) is 5.70. The first-order chi connectivity index (χ1) is 6.67. The average Bonchev–Trinajstić information content (AvgIpc) is 2.15. The fourth-order valence-corrected chi connectivity index (χ4v) is 0.736. The maximum Gasteiger partial charge on any atom is 0.278 e. The molecular weight excluding hydrogens is 208 g/mol. The summed E-state index contributed by atoms with van der Waals surface area (Å²) < 4.78 is 26.8. The molecule has 0 unspecified atom stereocenters. The van der Waals surface area contributed by atoms with Gasteiger partial charge in [0.05, 0.1) is 0 Å². The maximum atomic E-state index is 13.5. The second-order valence-corrected chi connectivity index (χ2v) is 3.29. The second kappa shape index (κ2) is 4.52. The van der Waals surface area contributed by atoms with Crippen molar-refractivity contribution in [1.82, 2.24) is 16.0 Å². The van der Waals surface area contributed by atoms with E-state index in [-0.39, 0.29) is 0 Å². The Hall–Kier alpha value is -1.24. The normalized spacial score (nSPS) is 18.5. The second-order valence-electron chi connectivity index (χ2n) is 3.29. The zero-order chi connectivity index (χ0) is 12.3. The summed E-state index contributed by atoms with van der Waals surface area (Å²) in [4.78, 5) is 22.1. The summed E-state index contributed by atoms with van der Waals surface area (Å²) in [7, 11) is 2.41. The lowest BCUT2D eigenvalue weighted by Gasteiger charge is -2.25. The number of carbonyl (C=O) groups excluding carboxylic acids is 2. The molecule has 0 bridgehead atoms. The van der Waals surface area contributed by atoms with Crippen molar-refractivity contribution in [2.45, 2.75) is 25.4 Å². The number of carbonyl (C=O) groups is 2. The molecule has 88 valence electrons. The third-order valence-electron chi connectivity index (χ3n) is 1.90. The monoisotopic (exact) mass is 223 g/mol. The molecule has 0 aromatic heterocycles. The standard InChI is InChI=1S/C8H15F2N3O2/c1-7(9,12-4)6(15)13-8(2,10)5(14)11-3/h12H,1-4H3,(H,11,14)(H,13,15)/t7-,8+/m1/s1. The summed E-state index contributed by atoms with van der Waals surface area (Å²) in [6.07, 6.45) is 0. The van der Waals surface area contributed by atoms with Crippen LogP contribution < -0.4 is 16.0 Å². The lowest BCUT2D eigenvalue weighted by molar-refractivity contribution is -0.145. The number of rotatable bonds is 4. The van der Waals surface area contributed by atoms with Crippen LogP contribution in [0.3, 0.4) is 0 Å². The Bertz CT molecular complexity index is 267. The molecule has 15 heavy (non-hydrogen) atoms. The van der Waals surface area contributed by atoms with Gasteiger partial charge < -0.3 is 10.6 Å². The summed E-state index contributed by atoms with van der Waals surface area (Å²) in [6.45, 7) is 1.75. The highest BCUT2D eigenvalue weighted by Gasteiger charge is 2.40. The highest BCUT2D eigenvalue weighted by molar-refractivity contribution is 5.92. The fourth-order valence-electron chi connectivity index (χ4n) is 0.736. The number of nitrogens with one attached hydrogen (secondary N) is 3. The van der Waals surface area contributed by atoms with Crippen LogP contribution in [0.25, 0.3) is 0 Å². The molecule has 5 nitrogen and oxygen atoms in total. The molecule has 0 heterocycles. The Morgan fingerprint density at radius 1 is 1.00 bits per heavy atom. The fraction of sp³-hybridized carbons (Fsp3) is 0.750. The molecule has 0 aromatic rings. The van der Waals surface area contributed by atoms with Gasteiger partial charge in [0.25, 0.3) is 17.6 Å². The molecule has 0 radical (unpaired) electrons. The molecule has 0 aliphatic rings. The lowest BCUT2D eigenvalue weighted by Crippen LogP contribution is -2.60. The molecule has 7 heteroatoms. The number of halogens is 2. The molecule has 0 aliphatic carbocycles. The number of amides is 2. The van der Waals surface area contributed by atoms with E-state index in [0.29, 0.717) is 0 Å². The van der Waals surface area contributed by atoms with Crippen molar-refractivity contribution >= 4 is 11.8 Å². The van der Waals surface area contributed by atoms with Crippen LogP contribution in [-0.2, 0) is 9.59 Å². The SMILES string of the molecule is CNC(=O)[C@@](C)(F)NC(=O)[C@](C)(F)NC. The molecule has 0 aliphatic heterocycles. The third-order valence-corrected chi connectivity index (χ3v) is 1.90. The van der Waals surface area contributed by atoms with Crippen molar-refractivity contribution in [2.24, 2.45) is 0 Å². The van der Waals surface area contributed by atoms with E-state index in [0.717, 1.165) is 13.8 Å². The van der Waals surface area contributed by atoms with E-state index in [1.807, 2.05) is 10.6 Å². The predicted octanol–water partition coefficient (Wildman–Crippen LogP) is -0.561. The van der Waals surface area contributed by atoms with E-state index in [2.05, 4.69) is 0 Å². The minimum absolute atomic E-state index is 0.829. The molecule has 0 saturated carbocycles. The van der Waals surface area contributed by atoms with Gasteiger partial charge in [-0.3, -0.25) is 14.9 Å². The van der Waals surface area contributed by atoms with E-state index in [1.165, 1.54) is 14.1 Å². The quantitative estimate of drug-likeness (QED) is 0.559. The smallest absolute Gasteiger partial charge is 0.278 e. The Kier molecular flexibility index (Phi) is 4.15. The van der Waals surface area contributed by atoms with E-state index in [4.69, 9.17) is 0 Å². The molecule has 2 amide bonds. The molecular formula is C8H15F2N3O2. The van der Waals surface area contributed by atoms with Crippen molar-refractivity contribution in [3.63, 3.8) is 0 Å². The van der Waals surface area contributed by atoms with Crippen molar-refractivity contribution in [1.29, 1.82) is 0 Å². The molecule has 0 rings (SSSR count). The Morgan fingerprint density at radius 3 is 1.80 bits per heavy atom. The summed E-state index contributed by atoms with van der Waals surface area (Å²) in [5.74, 6) is -7.38.